The van der Waals surface area contributed by atoms with Crippen molar-refractivity contribution in [2.24, 2.45) is 5.92 Å². The summed E-state index contributed by atoms with van der Waals surface area (Å²) in [6.07, 6.45) is 0. The topological polar surface area (TPSA) is 84.5 Å². The molecule has 2 N–H and O–H groups in total. The predicted molar refractivity (Wildman–Crippen MR) is 112 cm³/mol. The SMILES string of the molecule is COC(=O)c1ccc(CNC(=O)[C@H](NC(=O)c2ccc(Cl)cc2Cl)C(C)C)cc1. The number of ether oxygens (including phenoxy) is 1. The second-order valence-corrected chi connectivity index (χ2v) is 7.57. The van der Waals surface area contributed by atoms with Crippen molar-refractivity contribution in [1.29, 1.82) is 0 Å². The van der Waals surface area contributed by atoms with E-state index in [0.29, 0.717) is 10.6 Å². The fourth-order valence-corrected chi connectivity index (χ4v) is 3.10. The van der Waals surface area contributed by atoms with Crippen molar-refractivity contribution in [2.75, 3.05) is 7.11 Å². The van der Waals surface area contributed by atoms with Crippen molar-refractivity contribution in [1.82, 2.24) is 10.6 Å². The molecule has 1 atom stereocenters. The first-order chi connectivity index (χ1) is 13.7. The van der Waals surface area contributed by atoms with Gasteiger partial charge in [0, 0.05) is 11.6 Å². The van der Waals surface area contributed by atoms with E-state index in [0.717, 1.165) is 5.56 Å². The van der Waals surface area contributed by atoms with Crippen LogP contribution in [0.1, 0.15) is 40.1 Å². The molecule has 2 aromatic rings. The van der Waals surface area contributed by atoms with Crippen LogP contribution in [-0.4, -0.2) is 30.9 Å². The molecule has 2 rings (SSSR count). The minimum Gasteiger partial charge on any atom is -0.465 e. The highest BCUT2D eigenvalue weighted by Crippen LogP contribution is 2.21. The molecule has 29 heavy (non-hydrogen) atoms. The van der Waals surface area contributed by atoms with E-state index in [1.54, 1.807) is 30.3 Å². The molecule has 0 unspecified atom stereocenters. The molecule has 154 valence electrons. The van der Waals surface area contributed by atoms with Crippen molar-refractivity contribution in [3.8, 4) is 0 Å². The van der Waals surface area contributed by atoms with E-state index in [1.165, 1.54) is 19.2 Å². The summed E-state index contributed by atoms with van der Waals surface area (Å²) in [7, 11) is 1.31. The van der Waals surface area contributed by atoms with Crippen LogP contribution in [0.5, 0.6) is 0 Å². The zero-order valence-electron chi connectivity index (χ0n) is 16.3. The Kier molecular flexibility index (Phi) is 8.05. The lowest BCUT2D eigenvalue weighted by Gasteiger charge is -2.22. The van der Waals surface area contributed by atoms with E-state index in [1.807, 2.05) is 13.8 Å². The lowest BCUT2D eigenvalue weighted by atomic mass is 10.0. The standard InChI is InChI=1S/C21H22Cl2N2O4/c1-12(2)18(25-19(26)16-9-8-15(22)10-17(16)23)20(27)24-11-13-4-6-14(7-5-13)21(28)29-3/h4-10,12,18H,11H2,1-3H3,(H,24,27)(H,25,26)/t18-/m1/s1. The number of carbonyl (C=O) groups is 3. The van der Waals surface area contributed by atoms with E-state index in [4.69, 9.17) is 23.2 Å². The predicted octanol–water partition coefficient (Wildman–Crippen LogP) is 3.85. The molecule has 2 aromatic carbocycles. The first-order valence-corrected chi connectivity index (χ1v) is 9.69. The Bertz CT molecular complexity index is 898. The molecule has 0 heterocycles. The van der Waals surface area contributed by atoms with E-state index >= 15 is 0 Å². The summed E-state index contributed by atoms with van der Waals surface area (Å²) in [4.78, 5) is 36.6. The molecule has 0 aliphatic heterocycles. The second kappa shape index (κ2) is 10.3. The Hall–Kier alpha value is -2.57. The number of hydrogen-bond donors (Lipinski definition) is 2. The molecule has 2 amide bonds. The molecule has 8 heteroatoms. The number of nitrogens with one attached hydrogen (secondary N) is 2. The van der Waals surface area contributed by atoms with E-state index in [9.17, 15) is 14.4 Å². The van der Waals surface area contributed by atoms with Crippen molar-refractivity contribution in [3.63, 3.8) is 0 Å². The van der Waals surface area contributed by atoms with Gasteiger partial charge in [-0.25, -0.2) is 4.79 Å². The summed E-state index contributed by atoms with van der Waals surface area (Å²) in [5.74, 6) is -1.35. The number of rotatable bonds is 7. The normalized spacial score (nSPS) is 11.7. The molecule has 0 saturated carbocycles. The summed E-state index contributed by atoms with van der Waals surface area (Å²) < 4.78 is 4.65. The van der Waals surface area contributed by atoms with Gasteiger partial charge in [-0.15, -0.1) is 0 Å². The summed E-state index contributed by atoms with van der Waals surface area (Å²) in [5.41, 5.74) is 1.48. The Morgan fingerprint density at radius 3 is 2.24 bits per heavy atom. The van der Waals surface area contributed by atoms with Crippen LogP contribution in [0.3, 0.4) is 0 Å². The molecule has 0 fully saturated rings. The quantitative estimate of drug-likeness (QED) is 0.645. The Labute approximate surface area is 179 Å². The van der Waals surface area contributed by atoms with Crippen molar-refractivity contribution >= 4 is 41.0 Å². The van der Waals surface area contributed by atoms with E-state index < -0.39 is 17.9 Å². The average molecular weight is 437 g/mol. The third kappa shape index (κ3) is 6.21. The molecule has 0 spiro atoms. The fraction of sp³-hybridized carbons (Fsp3) is 0.286. The van der Waals surface area contributed by atoms with E-state index in [-0.39, 0.29) is 29.0 Å². The van der Waals surface area contributed by atoms with Crippen LogP contribution < -0.4 is 10.6 Å². The van der Waals surface area contributed by atoms with Gasteiger partial charge in [0.05, 0.1) is 23.3 Å². The molecule has 0 aliphatic carbocycles. The number of hydrogen-bond acceptors (Lipinski definition) is 4. The smallest absolute Gasteiger partial charge is 0.337 e. The van der Waals surface area contributed by atoms with Gasteiger partial charge in [-0.1, -0.05) is 49.2 Å². The van der Waals surface area contributed by atoms with Gasteiger partial charge in [0.15, 0.2) is 0 Å². The summed E-state index contributed by atoms with van der Waals surface area (Å²) in [6.45, 7) is 3.92. The molecule has 0 aliphatic rings. The Morgan fingerprint density at radius 1 is 1.03 bits per heavy atom. The highest BCUT2D eigenvalue weighted by molar-refractivity contribution is 6.36. The monoisotopic (exact) mass is 436 g/mol. The van der Waals surface area contributed by atoms with Gasteiger partial charge >= 0.3 is 5.97 Å². The summed E-state index contributed by atoms with van der Waals surface area (Å²) in [6, 6.07) is 10.5. The third-order valence-corrected chi connectivity index (χ3v) is 4.80. The van der Waals surface area contributed by atoms with Crippen LogP contribution in [0.25, 0.3) is 0 Å². The average Bonchev–Trinajstić information content (AvgIpc) is 2.69. The highest BCUT2D eigenvalue weighted by Gasteiger charge is 2.25. The van der Waals surface area contributed by atoms with Crippen LogP contribution in [0.15, 0.2) is 42.5 Å². The van der Waals surface area contributed by atoms with Gasteiger partial charge in [0.1, 0.15) is 6.04 Å². The fourth-order valence-electron chi connectivity index (χ4n) is 2.60. The zero-order chi connectivity index (χ0) is 21.6. The van der Waals surface area contributed by atoms with Crippen molar-refractivity contribution in [3.05, 3.63) is 69.2 Å². The lowest BCUT2D eigenvalue weighted by molar-refractivity contribution is -0.124. The van der Waals surface area contributed by atoms with E-state index in [2.05, 4.69) is 15.4 Å². The Balaban J connectivity index is 2.02. The molecule has 0 saturated heterocycles. The number of halogens is 2. The maximum Gasteiger partial charge on any atom is 0.337 e. The number of methoxy groups -OCH3 is 1. The maximum atomic E-state index is 12.6. The van der Waals surface area contributed by atoms with Gasteiger partial charge < -0.3 is 15.4 Å². The minimum absolute atomic E-state index is 0.147. The Morgan fingerprint density at radius 2 is 1.69 bits per heavy atom. The zero-order valence-corrected chi connectivity index (χ0v) is 17.8. The largest absolute Gasteiger partial charge is 0.465 e. The lowest BCUT2D eigenvalue weighted by Crippen LogP contribution is -2.49. The minimum atomic E-state index is -0.747. The van der Waals surface area contributed by atoms with Gasteiger partial charge in [0.25, 0.3) is 5.91 Å². The summed E-state index contributed by atoms with van der Waals surface area (Å²) >= 11 is 11.9. The highest BCUT2D eigenvalue weighted by atomic mass is 35.5. The molecule has 0 bridgehead atoms. The number of carbonyl (C=O) groups excluding carboxylic acids is 3. The van der Waals surface area contributed by atoms with Crippen LogP contribution >= 0.6 is 23.2 Å². The molecular formula is C21H22Cl2N2O4. The van der Waals surface area contributed by atoms with Gasteiger partial charge in [-0.3, -0.25) is 9.59 Å². The van der Waals surface area contributed by atoms with Crippen LogP contribution in [0.4, 0.5) is 0 Å². The van der Waals surface area contributed by atoms with Crippen molar-refractivity contribution in [2.45, 2.75) is 26.4 Å². The second-order valence-electron chi connectivity index (χ2n) is 6.73. The first kappa shape index (κ1) is 22.7. The van der Waals surface area contributed by atoms with Crippen LogP contribution in [0.2, 0.25) is 10.0 Å². The number of esters is 1. The summed E-state index contributed by atoms with van der Waals surface area (Å²) in [5, 5.41) is 6.15. The van der Waals surface area contributed by atoms with Crippen molar-refractivity contribution < 1.29 is 19.1 Å². The molecule has 0 aromatic heterocycles. The van der Waals surface area contributed by atoms with Gasteiger partial charge in [-0.2, -0.15) is 0 Å². The molecule has 6 nitrogen and oxygen atoms in total. The van der Waals surface area contributed by atoms with Gasteiger partial charge in [0.2, 0.25) is 5.91 Å². The number of amides is 2. The number of benzene rings is 2. The first-order valence-electron chi connectivity index (χ1n) is 8.93. The van der Waals surface area contributed by atoms with Crippen LogP contribution in [0, 0.1) is 5.92 Å². The third-order valence-electron chi connectivity index (χ3n) is 4.25. The molecule has 0 radical (unpaired) electrons. The molecular weight excluding hydrogens is 415 g/mol. The van der Waals surface area contributed by atoms with Gasteiger partial charge in [-0.05, 0) is 41.8 Å². The maximum absolute atomic E-state index is 12.6. The van der Waals surface area contributed by atoms with Crippen LogP contribution in [-0.2, 0) is 16.1 Å².